The number of rotatable bonds is 5. The quantitative estimate of drug-likeness (QED) is 0.830. The minimum absolute atomic E-state index is 0.216. The lowest BCUT2D eigenvalue weighted by Gasteiger charge is -2.29. The van der Waals surface area contributed by atoms with Crippen molar-refractivity contribution in [3.63, 3.8) is 0 Å². The van der Waals surface area contributed by atoms with Gasteiger partial charge in [0.2, 0.25) is 0 Å². The molecule has 17 heavy (non-hydrogen) atoms. The number of aliphatic carboxylic acids is 1. The number of halogens is 1. The van der Waals surface area contributed by atoms with E-state index in [1.807, 2.05) is 6.92 Å². The highest BCUT2D eigenvalue weighted by Crippen LogP contribution is 2.19. The van der Waals surface area contributed by atoms with Crippen molar-refractivity contribution in [2.75, 3.05) is 0 Å². The molecule has 4 heteroatoms. The second-order valence-corrected chi connectivity index (χ2v) is 4.41. The Kier molecular flexibility index (Phi) is 4.23. The maximum Gasteiger partial charge on any atom is 0.323 e. The number of carbonyl (C=O) groups is 1. The molecular formula is C13H18FNO2. The lowest BCUT2D eigenvalue weighted by atomic mass is 9.96. The summed E-state index contributed by atoms with van der Waals surface area (Å²) in [5, 5.41) is 12.2. The first-order chi connectivity index (χ1) is 7.89. The van der Waals surface area contributed by atoms with Gasteiger partial charge in [0.1, 0.15) is 11.4 Å². The van der Waals surface area contributed by atoms with Crippen LogP contribution < -0.4 is 5.32 Å². The number of carboxylic acid groups (broad SMARTS) is 1. The average molecular weight is 239 g/mol. The SMILES string of the molecule is CCC(C)(NC(C)c1cccc(F)c1)C(=O)O. The van der Waals surface area contributed by atoms with Crippen LogP contribution in [0.15, 0.2) is 24.3 Å². The first-order valence-corrected chi connectivity index (χ1v) is 5.65. The summed E-state index contributed by atoms with van der Waals surface area (Å²) in [6, 6.07) is 5.96. The van der Waals surface area contributed by atoms with E-state index in [-0.39, 0.29) is 11.9 Å². The number of nitrogens with one attached hydrogen (secondary N) is 1. The first kappa shape index (κ1) is 13.6. The Morgan fingerprint density at radius 3 is 2.71 bits per heavy atom. The van der Waals surface area contributed by atoms with E-state index < -0.39 is 11.5 Å². The van der Waals surface area contributed by atoms with Crippen molar-refractivity contribution in [1.82, 2.24) is 5.32 Å². The third kappa shape index (κ3) is 3.27. The first-order valence-electron chi connectivity index (χ1n) is 5.65. The molecule has 0 spiro atoms. The predicted octanol–water partition coefficient (Wildman–Crippen LogP) is 2.73. The molecule has 0 radical (unpaired) electrons. The Labute approximate surface area is 101 Å². The van der Waals surface area contributed by atoms with Gasteiger partial charge in [-0.3, -0.25) is 10.1 Å². The summed E-state index contributed by atoms with van der Waals surface area (Å²) in [5.74, 6) is -1.21. The lowest BCUT2D eigenvalue weighted by Crippen LogP contribution is -2.49. The van der Waals surface area contributed by atoms with Crippen LogP contribution in [0, 0.1) is 5.82 Å². The highest BCUT2D eigenvalue weighted by Gasteiger charge is 2.32. The zero-order valence-corrected chi connectivity index (χ0v) is 10.3. The minimum atomic E-state index is -0.994. The fourth-order valence-corrected chi connectivity index (χ4v) is 1.65. The van der Waals surface area contributed by atoms with Gasteiger partial charge < -0.3 is 5.11 Å². The molecule has 0 saturated carbocycles. The van der Waals surface area contributed by atoms with Crippen LogP contribution in [0.3, 0.4) is 0 Å². The van der Waals surface area contributed by atoms with Crippen LogP contribution in [0.25, 0.3) is 0 Å². The van der Waals surface area contributed by atoms with Crippen molar-refractivity contribution in [3.05, 3.63) is 35.6 Å². The highest BCUT2D eigenvalue weighted by atomic mass is 19.1. The van der Waals surface area contributed by atoms with Crippen molar-refractivity contribution in [1.29, 1.82) is 0 Å². The number of hydrogen-bond donors (Lipinski definition) is 2. The molecule has 1 aromatic rings. The largest absolute Gasteiger partial charge is 0.480 e. The number of carboxylic acids is 1. The molecule has 1 rings (SSSR count). The summed E-state index contributed by atoms with van der Waals surface area (Å²) in [5.41, 5.74) is -0.253. The van der Waals surface area contributed by atoms with Gasteiger partial charge in [0.05, 0.1) is 0 Å². The van der Waals surface area contributed by atoms with Crippen LogP contribution in [0.5, 0.6) is 0 Å². The molecule has 0 fully saturated rings. The third-order valence-corrected chi connectivity index (χ3v) is 3.06. The van der Waals surface area contributed by atoms with E-state index in [9.17, 15) is 9.18 Å². The third-order valence-electron chi connectivity index (χ3n) is 3.06. The van der Waals surface area contributed by atoms with Gasteiger partial charge in [-0.05, 0) is 38.0 Å². The molecule has 94 valence electrons. The van der Waals surface area contributed by atoms with Gasteiger partial charge in [-0.15, -0.1) is 0 Å². The molecule has 2 unspecified atom stereocenters. The van der Waals surface area contributed by atoms with Gasteiger partial charge in [-0.2, -0.15) is 0 Å². The number of hydrogen-bond acceptors (Lipinski definition) is 2. The van der Waals surface area contributed by atoms with Crippen LogP contribution in [-0.4, -0.2) is 16.6 Å². The summed E-state index contributed by atoms with van der Waals surface area (Å²) in [4.78, 5) is 11.1. The summed E-state index contributed by atoms with van der Waals surface area (Å²) in [7, 11) is 0. The molecule has 0 aliphatic rings. The van der Waals surface area contributed by atoms with Crippen molar-refractivity contribution < 1.29 is 14.3 Å². The molecular weight excluding hydrogens is 221 g/mol. The van der Waals surface area contributed by atoms with E-state index in [1.54, 1.807) is 26.0 Å². The summed E-state index contributed by atoms with van der Waals surface area (Å²) in [6.07, 6.45) is 0.460. The summed E-state index contributed by atoms with van der Waals surface area (Å²) >= 11 is 0. The van der Waals surface area contributed by atoms with E-state index in [0.717, 1.165) is 5.56 Å². The fourth-order valence-electron chi connectivity index (χ4n) is 1.65. The van der Waals surface area contributed by atoms with Gasteiger partial charge in [0, 0.05) is 6.04 Å². The summed E-state index contributed by atoms with van der Waals surface area (Å²) in [6.45, 7) is 5.26. The topological polar surface area (TPSA) is 49.3 Å². The highest BCUT2D eigenvalue weighted by molar-refractivity contribution is 5.78. The molecule has 0 bridgehead atoms. The lowest BCUT2D eigenvalue weighted by molar-refractivity contribution is -0.144. The molecule has 2 N–H and O–H groups in total. The Morgan fingerprint density at radius 2 is 2.24 bits per heavy atom. The normalized spacial score (nSPS) is 16.2. The second-order valence-electron chi connectivity index (χ2n) is 4.41. The molecule has 0 heterocycles. The zero-order chi connectivity index (χ0) is 13.1. The molecule has 3 nitrogen and oxygen atoms in total. The molecule has 2 atom stereocenters. The van der Waals surface area contributed by atoms with E-state index >= 15 is 0 Å². The Bertz CT molecular complexity index is 408. The van der Waals surface area contributed by atoms with Crippen LogP contribution in [0.1, 0.15) is 38.8 Å². The molecule has 1 aromatic carbocycles. The Hall–Kier alpha value is -1.42. The Morgan fingerprint density at radius 1 is 1.59 bits per heavy atom. The maximum absolute atomic E-state index is 13.1. The Balaban J connectivity index is 2.85. The monoisotopic (exact) mass is 239 g/mol. The van der Waals surface area contributed by atoms with Crippen molar-refractivity contribution in [2.24, 2.45) is 0 Å². The van der Waals surface area contributed by atoms with Crippen molar-refractivity contribution >= 4 is 5.97 Å². The van der Waals surface area contributed by atoms with E-state index in [0.29, 0.717) is 6.42 Å². The van der Waals surface area contributed by atoms with Gasteiger partial charge in [0.15, 0.2) is 0 Å². The molecule has 0 aromatic heterocycles. The van der Waals surface area contributed by atoms with Crippen LogP contribution in [0.4, 0.5) is 4.39 Å². The van der Waals surface area contributed by atoms with Crippen LogP contribution in [-0.2, 0) is 4.79 Å². The van der Waals surface area contributed by atoms with E-state index in [4.69, 9.17) is 5.11 Å². The van der Waals surface area contributed by atoms with Crippen LogP contribution in [0.2, 0.25) is 0 Å². The van der Waals surface area contributed by atoms with Gasteiger partial charge in [-0.25, -0.2) is 4.39 Å². The maximum atomic E-state index is 13.1. The minimum Gasteiger partial charge on any atom is -0.480 e. The molecule has 0 saturated heterocycles. The molecule has 0 aliphatic heterocycles. The smallest absolute Gasteiger partial charge is 0.323 e. The molecule has 0 amide bonds. The second kappa shape index (κ2) is 5.27. The zero-order valence-electron chi connectivity index (χ0n) is 10.3. The fraction of sp³-hybridized carbons (Fsp3) is 0.462. The molecule has 0 aliphatic carbocycles. The number of benzene rings is 1. The summed E-state index contributed by atoms with van der Waals surface area (Å²) < 4.78 is 13.1. The van der Waals surface area contributed by atoms with E-state index in [1.165, 1.54) is 12.1 Å². The predicted molar refractivity (Wildman–Crippen MR) is 64.3 cm³/mol. The van der Waals surface area contributed by atoms with E-state index in [2.05, 4.69) is 5.32 Å². The van der Waals surface area contributed by atoms with Gasteiger partial charge in [-0.1, -0.05) is 19.1 Å². The van der Waals surface area contributed by atoms with Gasteiger partial charge in [0.25, 0.3) is 0 Å². The van der Waals surface area contributed by atoms with Crippen LogP contribution >= 0.6 is 0 Å². The standard InChI is InChI=1S/C13H18FNO2/c1-4-13(3,12(16)17)15-9(2)10-6-5-7-11(14)8-10/h5-9,15H,4H2,1-3H3,(H,16,17). The van der Waals surface area contributed by atoms with Crippen molar-refractivity contribution in [2.45, 2.75) is 38.8 Å². The van der Waals surface area contributed by atoms with Gasteiger partial charge >= 0.3 is 5.97 Å². The average Bonchev–Trinajstić information content (AvgIpc) is 2.28. The van der Waals surface area contributed by atoms with Crippen molar-refractivity contribution in [3.8, 4) is 0 Å².